The number of nitrogens with zero attached hydrogens (tertiary/aromatic N) is 3. The van der Waals surface area contributed by atoms with Gasteiger partial charge < -0.3 is 30.0 Å². The van der Waals surface area contributed by atoms with Gasteiger partial charge in [-0.1, -0.05) is 85.8 Å². The molecule has 11 nitrogen and oxygen atoms in total. The van der Waals surface area contributed by atoms with Crippen molar-refractivity contribution in [1.82, 2.24) is 30.5 Å². The third-order valence-corrected chi connectivity index (χ3v) is 7.83. The van der Waals surface area contributed by atoms with Crippen molar-refractivity contribution in [1.29, 1.82) is 0 Å². The van der Waals surface area contributed by atoms with Crippen molar-refractivity contribution < 1.29 is 23.9 Å². The molecule has 0 saturated heterocycles. The number of imidazole rings is 1. The van der Waals surface area contributed by atoms with E-state index in [1.54, 1.807) is 18.6 Å². The zero-order valence-corrected chi connectivity index (χ0v) is 27.3. The highest BCUT2D eigenvalue weighted by Crippen LogP contribution is 2.17. The number of hydrogen-bond acceptors (Lipinski definition) is 7. The van der Waals surface area contributed by atoms with Crippen LogP contribution in [0.3, 0.4) is 0 Å². The van der Waals surface area contributed by atoms with Gasteiger partial charge in [0.05, 0.1) is 12.9 Å². The van der Waals surface area contributed by atoms with E-state index in [4.69, 9.17) is 9.47 Å². The Morgan fingerprint density at radius 2 is 1.55 bits per heavy atom. The summed E-state index contributed by atoms with van der Waals surface area (Å²) in [5.74, 6) is -0.0466. The van der Waals surface area contributed by atoms with E-state index in [2.05, 4.69) is 25.6 Å². The molecule has 0 aliphatic rings. The summed E-state index contributed by atoms with van der Waals surface area (Å²) in [6, 6.07) is 29.2. The molecule has 3 amide bonds. The first-order chi connectivity index (χ1) is 23.9. The van der Waals surface area contributed by atoms with E-state index < -0.39 is 18.0 Å². The van der Waals surface area contributed by atoms with E-state index in [-0.39, 0.29) is 37.9 Å². The fourth-order valence-electron chi connectivity index (χ4n) is 5.11. The maximum Gasteiger partial charge on any atom is 0.408 e. The number of alkyl carbamates (subject to hydrolysis) is 1. The first-order valence-corrected chi connectivity index (χ1v) is 16.1. The van der Waals surface area contributed by atoms with Gasteiger partial charge in [0.25, 0.3) is 0 Å². The monoisotopic (exact) mass is 660 g/mol. The van der Waals surface area contributed by atoms with Crippen LogP contribution < -0.4 is 15.4 Å². The van der Waals surface area contributed by atoms with Gasteiger partial charge in [0.1, 0.15) is 25.0 Å². The zero-order chi connectivity index (χ0) is 34.3. The molecule has 0 radical (unpaired) electrons. The van der Waals surface area contributed by atoms with E-state index in [9.17, 15) is 14.4 Å². The summed E-state index contributed by atoms with van der Waals surface area (Å²) in [5.41, 5.74) is 4.26. The standard InChI is InChI=1S/C38H40N6O5/c1-28(32-12-6-3-7-13-32)20-41-36(45)24-44(23-29-14-16-34(17-15-29)48-26-31-11-8-18-39-21-31)37(46)35(19-33-22-40-27-42-33)43-38(47)49-25-30-9-4-2-5-10-30/h2-18,21-22,27-28,35H,19-20,23-26H2,1H3,(H,40,42)(H,41,45)(H,43,47)/t28?,35-/m0/s1. The first kappa shape index (κ1) is 34.4. The number of benzene rings is 3. The minimum atomic E-state index is -1.04. The van der Waals surface area contributed by atoms with Crippen molar-refractivity contribution in [2.75, 3.05) is 13.1 Å². The van der Waals surface area contributed by atoms with E-state index in [0.717, 1.165) is 22.3 Å². The van der Waals surface area contributed by atoms with Crippen molar-refractivity contribution in [3.8, 4) is 5.75 Å². The fraction of sp³-hybridized carbons (Fsp3) is 0.237. The van der Waals surface area contributed by atoms with Gasteiger partial charge in [-0.25, -0.2) is 9.78 Å². The largest absolute Gasteiger partial charge is 0.489 e. The zero-order valence-electron chi connectivity index (χ0n) is 27.3. The lowest BCUT2D eigenvalue weighted by Crippen LogP contribution is -2.52. The second-order valence-corrected chi connectivity index (χ2v) is 11.6. The normalized spacial score (nSPS) is 11.9. The highest BCUT2D eigenvalue weighted by molar-refractivity contribution is 5.89. The van der Waals surface area contributed by atoms with Gasteiger partial charge in [-0.15, -0.1) is 0 Å². The topological polar surface area (TPSA) is 139 Å². The number of hydrogen-bond donors (Lipinski definition) is 3. The Kier molecular flexibility index (Phi) is 12.5. The van der Waals surface area contributed by atoms with E-state index in [1.807, 2.05) is 104 Å². The molecule has 2 atom stereocenters. The molecule has 1 unspecified atom stereocenters. The summed E-state index contributed by atoms with van der Waals surface area (Å²) in [4.78, 5) is 53.1. The van der Waals surface area contributed by atoms with Crippen molar-refractivity contribution in [3.63, 3.8) is 0 Å². The van der Waals surface area contributed by atoms with Gasteiger partial charge in [0, 0.05) is 49.4 Å². The maximum absolute atomic E-state index is 14.2. The molecule has 0 fully saturated rings. The van der Waals surface area contributed by atoms with Crippen LogP contribution in [-0.2, 0) is 40.5 Å². The van der Waals surface area contributed by atoms with Gasteiger partial charge in [-0.3, -0.25) is 14.6 Å². The van der Waals surface area contributed by atoms with Crippen LogP contribution in [0, 0.1) is 0 Å². The number of amides is 3. The molecule has 5 rings (SSSR count). The number of aromatic amines is 1. The second kappa shape index (κ2) is 17.8. The molecule has 2 heterocycles. The Morgan fingerprint density at radius 3 is 2.24 bits per heavy atom. The molecule has 3 aromatic carbocycles. The predicted octanol–water partition coefficient (Wildman–Crippen LogP) is 5.17. The second-order valence-electron chi connectivity index (χ2n) is 11.6. The number of ether oxygens (including phenoxy) is 2. The van der Waals surface area contributed by atoms with Crippen molar-refractivity contribution in [2.24, 2.45) is 0 Å². The van der Waals surface area contributed by atoms with Gasteiger partial charge in [0.15, 0.2) is 0 Å². The molecule has 11 heteroatoms. The molecule has 0 aliphatic carbocycles. The Hall–Kier alpha value is -5.97. The van der Waals surface area contributed by atoms with Crippen molar-refractivity contribution in [2.45, 2.75) is 45.1 Å². The van der Waals surface area contributed by atoms with E-state index in [0.29, 0.717) is 24.6 Å². The first-order valence-electron chi connectivity index (χ1n) is 16.1. The molecule has 0 saturated carbocycles. The predicted molar refractivity (Wildman–Crippen MR) is 184 cm³/mol. The number of aromatic nitrogens is 3. The molecule has 252 valence electrons. The molecule has 0 aliphatic heterocycles. The van der Waals surface area contributed by atoms with Crippen LogP contribution in [0.15, 0.2) is 122 Å². The molecular weight excluding hydrogens is 620 g/mol. The number of H-pyrrole nitrogens is 1. The van der Waals surface area contributed by atoms with E-state index >= 15 is 0 Å². The molecule has 0 spiro atoms. The number of carbonyl (C=O) groups is 3. The summed E-state index contributed by atoms with van der Waals surface area (Å²) in [6.07, 6.45) is 5.90. The molecule has 3 N–H and O–H groups in total. The summed E-state index contributed by atoms with van der Waals surface area (Å²) >= 11 is 0. The molecule has 5 aromatic rings. The van der Waals surface area contributed by atoms with Crippen LogP contribution >= 0.6 is 0 Å². The number of pyridine rings is 1. The van der Waals surface area contributed by atoms with E-state index in [1.165, 1.54) is 11.2 Å². The minimum absolute atomic E-state index is 0.0402. The summed E-state index contributed by atoms with van der Waals surface area (Å²) in [5, 5.41) is 5.69. The Balaban J connectivity index is 1.29. The lowest BCUT2D eigenvalue weighted by atomic mass is 10.0. The number of rotatable bonds is 16. The average Bonchev–Trinajstić information content (AvgIpc) is 3.66. The minimum Gasteiger partial charge on any atom is -0.489 e. The third-order valence-electron chi connectivity index (χ3n) is 7.83. The average molecular weight is 661 g/mol. The van der Waals surface area contributed by atoms with Crippen molar-refractivity contribution >= 4 is 17.9 Å². The molecule has 0 bridgehead atoms. The number of nitrogens with one attached hydrogen (secondary N) is 3. The van der Waals surface area contributed by atoms with Crippen molar-refractivity contribution in [3.05, 3.63) is 150 Å². The quantitative estimate of drug-likeness (QED) is 0.133. The van der Waals surface area contributed by atoms with Crippen LogP contribution in [0.5, 0.6) is 5.75 Å². The highest BCUT2D eigenvalue weighted by Gasteiger charge is 2.29. The van der Waals surface area contributed by atoms with Crippen LogP contribution in [-0.4, -0.2) is 56.9 Å². The number of carbonyl (C=O) groups excluding carboxylic acids is 3. The fourth-order valence-corrected chi connectivity index (χ4v) is 5.11. The lowest BCUT2D eigenvalue weighted by Gasteiger charge is -2.28. The van der Waals surface area contributed by atoms with Gasteiger partial charge >= 0.3 is 6.09 Å². The SMILES string of the molecule is CC(CNC(=O)CN(Cc1ccc(OCc2cccnc2)cc1)C(=O)[C@H](Cc1cnc[nH]1)NC(=O)OCc1ccccc1)c1ccccc1. The Labute approximate surface area is 285 Å². The van der Waals surface area contributed by atoms with Crippen LogP contribution in [0.1, 0.15) is 40.8 Å². The Bertz CT molecular complexity index is 1740. The maximum atomic E-state index is 14.2. The summed E-state index contributed by atoms with van der Waals surface area (Å²) in [6.45, 7) is 2.72. The van der Waals surface area contributed by atoms with Crippen LogP contribution in [0.25, 0.3) is 0 Å². The van der Waals surface area contributed by atoms with Gasteiger partial charge in [-0.2, -0.15) is 0 Å². The van der Waals surface area contributed by atoms with Crippen LogP contribution in [0.4, 0.5) is 4.79 Å². The Morgan fingerprint density at radius 1 is 0.816 bits per heavy atom. The van der Waals surface area contributed by atoms with Gasteiger partial charge in [0.2, 0.25) is 11.8 Å². The smallest absolute Gasteiger partial charge is 0.408 e. The molecule has 2 aromatic heterocycles. The molecule has 49 heavy (non-hydrogen) atoms. The third kappa shape index (κ3) is 11.1. The van der Waals surface area contributed by atoms with Crippen LogP contribution in [0.2, 0.25) is 0 Å². The van der Waals surface area contributed by atoms with Gasteiger partial charge in [-0.05, 0) is 40.8 Å². The highest BCUT2D eigenvalue weighted by atomic mass is 16.5. The summed E-state index contributed by atoms with van der Waals surface area (Å²) in [7, 11) is 0. The summed E-state index contributed by atoms with van der Waals surface area (Å²) < 4.78 is 11.3. The lowest BCUT2D eigenvalue weighted by molar-refractivity contribution is -0.138. The molecular formula is C38H40N6O5.